The summed E-state index contributed by atoms with van der Waals surface area (Å²) in [4.78, 5) is 24.0. The molecule has 1 amide bonds. The van der Waals surface area contributed by atoms with Gasteiger partial charge in [-0.25, -0.2) is 0 Å². The molecule has 0 radical (unpaired) electrons. The van der Waals surface area contributed by atoms with Crippen LogP contribution >= 0.6 is 0 Å². The highest BCUT2D eigenvalue weighted by Crippen LogP contribution is 2.50. The van der Waals surface area contributed by atoms with Crippen molar-refractivity contribution in [1.29, 1.82) is 0 Å². The number of aliphatic carboxylic acids is 1. The molecule has 0 aromatic heterocycles. The Hall–Kier alpha value is -1.92. The minimum absolute atomic E-state index is 0.0465. The SMILES string of the molecule is CC(=O)O.CN[C@H]1CC[C@]2(CC1)CN(C(=O)c1ccccc1)CC1(CC1)O2. The van der Waals surface area contributed by atoms with Crippen LogP contribution in [0.2, 0.25) is 0 Å². The Balaban J connectivity index is 0.000000481. The summed E-state index contributed by atoms with van der Waals surface area (Å²) in [6.45, 7) is 2.59. The zero-order chi connectivity index (χ0) is 19.5. The van der Waals surface area contributed by atoms with Crippen LogP contribution in [0.1, 0.15) is 55.8 Å². The van der Waals surface area contributed by atoms with Crippen molar-refractivity contribution in [3.05, 3.63) is 35.9 Å². The molecule has 0 bridgehead atoms. The number of hydrogen-bond acceptors (Lipinski definition) is 4. The van der Waals surface area contributed by atoms with Gasteiger partial charge in [0.1, 0.15) is 0 Å². The molecule has 6 heteroatoms. The van der Waals surface area contributed by atoms with Crippen molar-refractivity contribution in [3.8, 4) is 0 Å². The number of carbonyl (C=O) groups is 2. The van der Waals surface area contributed by atoms with Crippen LogP contribution in [0.25, 0.3) is 0 Å². The fourth-order valence-electron chi connectivity index (χ4n) is 4.27. The fraction of sp³-hybridized carbons (Fsp3) is 0.619. The lowest BCUT2D eigenvalue weighted by Gasteiger charge is -2.50. The van der Waals surface area contributed by atoms with Gasteiger partial charge in [0, 0.05) is 18.5 Å². The smallest absolute Gasteiger partial charge is 0.300 e. The Labute approximate surface area is 160 Å². The van der Waals surface area contributed by atoms with Crippen LogP contribution in [0.4, 0.5) is 0 Å². The minimum Gasteiger partial charge on any atom is -0.481 e. The van der Waals surface area contributed by atoms with Gasteiger partial charge < -0.3 is 20.1 Å². The van der Waals surface area contributed by atoms with Gasteiger partial charge in [-0.05, 0) is 57.7 Å². The average Bonchev–Trinajstić information content (AvgIpc) is 3.39. The monoisotopic (exact) mass is 374 g/mol. The van der Waals surface area contributed by atoms with Crippen molar-refractivity contribution >= 4 is 11.9 Å². The number of hydrogen-bond donors (Lipinski definition) is 2. The molecule has 1 heterocycles. The summed E-state index contributed by atoms with van der Waals surface area (Å²) in [5, 5.41) is 10.8. The second-order valence-electron chi connectivity index (χ2n) is 8.08. The number of morpholine rings is 1. The van der Waals surface area contributed by atoms with Gasteiger partial charge in [-0.2, -0.15) is 0 Å². The first-order chi connectivity index (χ1) is 12.9. The maximum atomic E-state index is 12.9. The zero-order valence-corrected chi connectivity index (χ0v) is 16.2. The molecule has 1 aromatic carbocycles. The van der Waals surface area contributed by atoms with Gasteiger partial charge in [-0.1, -0.05) is 18.2 Å². The van der Waals surface area contributed by atoms with E-state index in [2.05, 4.69) is 10.2 Å². The predicted octanol–water partition coefficient (Wildman–Crippen LogP) is 2.68. The Kier molecular flexibility index (Phi) is 5.86. The van der Waals surface area contributed by atoms with E-state index < -0.39 is 5.97 Å². The normalized spacial score (nSPS) is 28.4. The Morgan fingerprint density at radius 3 is 2.07 bits per heavy atom. The number of amides is 1. The summed E-state index contributed by atoms with van der Waals surface area (Å²) in [5.74, 6) is -0.671. The van der Waals surface area contributed by atoms with Crippen LogP contribution in [0.5, 0.6) is 0 Å². The highest BCUT2D eigenvalue weighted by molar-refractivity contribution is 5.94. The van der Waals surface area contributed by atoms with Gasteiger partial charge in [0.15, 0.2) is 0 Å². The second kappa shape index (κ2) is 7.98. The van der Waals surface area contributed by atoms with Gasteiger partial charge >= 0.3 is 0 Å². The van der Waals surface area contributed by atoms with E-state index in [0.29, 0.717) is 6.04 Å². The van der Waals surface area contributed by atoms with E-state index in [4.69, 9.17) is 14.6 Å². The van der Waals surface area contributed by atoms with Crippen LogP contribution in [0, 0.1) is 0 Å². The number of ether oxygens (including phenoxy) is 1. The molecule has 0 atom stereocenters. The fourth-order valence-corrected chi connectivity index (χ4v) is 4.27. The number of nitrogens with zero attached hydrogens (tertiary/aromatic N) is 1. The summed E-state index contributed by atoms with van der Waals surface area (Å²) in [6, 6.07) is 10.3. The number of carboxylic acid groups (broad SMARTS) is 1. The van der Waals surface area contributed by atoms with Gasteiger partial charge in [0.2, 0.25) is 0 Å². The van der Waals surface area contributed by atoms with Crippen molar-refractivity contribution in [2.45, 2.75) is 62.7 Å². The molecule has 0 unspecified atom stereocenters. The molecule has 1 saturated heterocycles. The Morgan fingerprint density at radius 2 is 1.59 bits per heavy atom. The summed E-state index contributed by atoms with van der Waals surface area (Å²) < 4.78 is 6.60. The van der Waals surface area contributed by atoms with Crippen molar-refractivity contribution < 1.29 is 19.4 Å². The predicted molar refractivity (Wildman–Crippen MR) is 103 cm³/mol. The first-order valence-corrected chi connectivity index (χ1v) is 9.78. The van der Waals surface area contributed by atoms with E-state index in [0.717, 1.165) is 64.1 Å². The molecule has 2 spiro atoms. The number of carbonyl (C=O) groups excluding carboxylic acids is 1. The van der Waals surface area contributed by atoms with E-state index in [1.807, 2.05) is 37.4 Å². The second-order valence-corrected chi connectivity index (χ2v) is 8.08. The summed E-state index contributed by atoms with van der Waals surface area (Å²) >= 11 is 0. The third-order valence-corrected chi connectivity index (χ3v) is 5.81. The third kappa shape index (κ3) is 4.87. The van der Waals surface area contributed by atoms with Crippen molar-refractivity contribution in [3.63, 3.8) is 0 Å². The van der Waals surface area contributed by atoms with Crippen molar-refractivity contribution in [1.82, 2.24) is 10.2 Å². The van der Waals surface area contributed by atoms with Crippen LogP contribution < -0.4 is 5.32 Å². The largest absolute Gasteiger partial charge is 0.481 e. The average molecular weight is 374 g/mol. The highest BCUT2D eigenvalue weighted by Gasteiger charge is 2.56. The first-order valence-electron chi connectivity index (χ1n) is 9.78. The van der Waals surface area contributed by atoms with E-state index >= 15 is 0 Å². The van der Waals surface area contributed by atoms with Gasteiger partial charge in [0.05, 0.1) is 24.3 Å². The number of rotatable bonds is 2. The summed E-state index contributed by atoms with van der Waals surface area (Å²) in [6.07, 6.45) is 6.59. The molecular weight excluding hydrogens is 344 g/mol. The van der Waals surface area contributed by atoms with Gasteiger partial charge in [-0.15, -0.1) is 0 Å². The lowest BCUT2D eigenvalue weighted by molar-refractivity contribution is -0.175. The lowest BCUT2D eigenvalue weighted by atomic mass is 9.80. The van der Waals surface area contributed by atoms with Crippen LogP contribution in [0.15, 0.2) is 30.3 Å². The molecule has 3 fully saturated rings. The minimum atomic E-state index is -0.833. The van der Waals surface area contributed by atoms with E-state index in [9.17, 15) is 4.79 Å². The molecule has 2 aliphatic carbocycles. The molecule has 27 heavy (non-hydrogen) atoms. The molecule has 2 N–H and O–H groups in total. The zero-order valence-electron chi connectivity index (χ0n) is 16.2. The topological polar surface area (TPSA) is 78.9 Å². The summed E-state index contributed by atoms with van der Waals surface area (Å²) in [7, 11) is 2.04. The van der Waals surface area contributed by atoms with Crippen LogP contribution in [0.3, 0.4) is 0 Å². The summed E-state index contributed by atoms with van der Waals surface area (Å²) in [5.41, 5.74) is 0.631. The van der Waals surface area contributed by atoms with E-state index in [1.165, 1.54) is 0 Å². The van der Waals surface area contributed by atoms with Crippen molar-refractivity contribution in [2.24, 2.45) is 0 Å². The van der Waals surface area contributed by atoms with Gasteiger partial charge in [0.25, 0.3) is 11.9 Å². The molecule has 1 aliphatic heterocycles. The van der Waals surface area contributed by atoms with Crippen LogP contribution in [-0.2, 0) is 9.53 Å². The maximum absolute atomic E-state index is 12.9. The molecule has 6 nitrogen and oxygen atoms in total. The molecule has 148 valence electrons. The quantitative estimate of drug-likeness (QED) is 0.832. The first kappa shape index (κ1) is 19.8. The molecule has 3 aliphatic rings. The van der Waals surface area contributed by atoms with Crippen molar-refractivity contribution in [2.75, 3.05) is 20.1 Å². The van der Waals surface area contributed by atoms with Gasteiger partial charge in [-0.3, -0.25) is 9.59 Å². The molecule has 2 saturated carbocycles. The van der Waals surface area contributed by atoms with E-state index in [-0.39, 0.29) is 17.1 Å². The van der Waals surface area contributed by atoms with E-state index in [1.54, 1.807) is 0 Å². The Morgan fingerprint density at radius 1 is 1.07 bits per heavy atom. The highest BCUT2D eigenvalue weighted by atomic mass is 16.5. The third-order valence-electron chi connectivity index (χ3n) is 5.81. The standard InChI is InChI=1S/C19H26N2O2.C2H4O2/c1-20-16-7-9-18(10-8-16)13-21(14-19(23-18)11-12-19)17(22)15-5-3-2-4-6-15;1-2(3)4/h2-6,16,20H,7-14H2,1H3;1H3,(H,3,4)/t16-,18-;. The lowest BCUT2D eigenvalue weighted by Crippen LogP contribution is -2.60. The number of nitrogens with one attached hydrogen (secondary N) is 1. The maximum Gasteiger partial charge on any atom is 0.300 e. The molecular formula is C21H30N2O4. The molecule has 4 rings (SSSR count). The van der Waals surface area contributed by atoms with Crippen LogP contribution in [-0.4, -0.2) is 59.3 Å². The number of benzene rings is 1. The number of carboxylic acids is 1. The Bertz CT molecular complexity index is 660. The molecule has 1 aromatic rings.